The van der Waals surface area contributed by atoms with Gasteiger partial charge in [0.25, 0.3) is 0 Å². The lowest BCUT2D eigenvalue weighted by atomic mass is 9.80. The second-order valence-corrected chi connectivity index (χ2v) is 13.6. The molecule has 0 saturated carbocycles. The zero-order chi connectivity index (χ0) is 30.6. The zero-order valence-corrected chi connectivity index (χ0v) is 26.3. The Balaban J connectivity index is 1.52. The number of oxime groups is 2. The third-order valence-corrected chi connectivity index (χ3v) is 10.6. The Kier molecular flexibility index (Phi) is 5.78. The third kappa shape index (κ3) is 3.57. The molecule has 5 heteroatoms. The average molecular weight is 570 g/mol. The van der Waals surface area contributed by atoms with Crippen molar-refractivity contribution >= 4 is 33.2 Å². The van der Waals surface area contributed by atoms with E-state index in [-0.39, 0.29) is 10.8 Å². The van der Waals surface area contributed by atoms with Crippen molar-refractivity contribution < 1.29 is 10.4 Å². The Bertz CT molecular complexity index is 1930. The largest absolute Gasteiger partial charge is 0.411 e. The molecule has 2 aliphatic rings. The molecule has 1 heterocycles. The van der Waals surface area contributed by atoms with Gasteiger partial charge in [0.05, 0.1) is 11.4 Å². The molecule has 0 bridgehead atoms. The van der Waals surface area contributed by atoms with Gasteiger partial charge in [-0.3, -0.25) is 0 Å². The van der Waals surface area contributed by atoms with Gasteiger partial charge in [0.2, 0.25) is 0 Å². The second-order valence-electron chi connectivity index (χ2n) is 13.6. The van der Waals surface area contributed by atoms with Gasteiger partial charge < -0.3 is 15.0 Å². The van der Waals surface area contributed by atoms with Gasteiger partial charge in [-0.25, -0.2) is 0 Å². The van der Waals surface area contributed by atoms with Crippen molar-refractivity contribution in [2.75, 3.05) is 0 Å². The lowest BCUT2D eigenvalue weighted by Gasteiger charge is -2.22. The van der Waals surface area contributed by atoms with Crippen LogP contribution >= 0.6 is 0 Å². The van der Waals surface area contributed by atoms with Crippen LogP contribution < -0.4 is 0 Å². The predicted molar refractivity (Wildman–Crippen MR) is 178 cm³/mol. The second kappa shape index (κ2) is 9.06. The van der Waals surface area contributed by atoms with Crippen LogP contribution in [-0.2, 0) is 10.8 Å². The molecule has 2 N–H and O–H groups in total. The standard InChI is InChI=1S/C38H39N3O2/c1-9-20(2)41-35-18-27-25-12-10-23(21(3)39-42)14-31(25)37(5,6)33(27)16-29(35)30-17-34-28(19-36(30)41)26-13-11-24(22(4)40-43)15-32(26)38(34,7)8/h10-20,42-43H,9H2,1-8H3/b39-21-,40-22+. The van der Waals surface area contributed by atoms with Crippen LogP contribution in [0.4, 0.5) is 0 Å². The van der Waals surface area contributed by atoms with Crippen LogP contribution in [0.5, 0.6) is 0 Å². The molecule has 5 aromatic rings. The molecule has 0 spiro atoms. The highest BCUT2D eigenvalue weighted by Crippen LogP contribution is 2.54. The number of benzene rings is 4. The predicted octanol–water partition coefficient (Wildman–Crippen LogP) is 9.77. The first-order valence-electron chi connectivity index (χ1n) is 15.3. The van der Waals surface area contributed by atoms with Crippen molar-refractivity contribution in [1.82, 2.24) is 4.57 Å². The first-order valence-corrected chi connectivity index (χ1v) is 15.3. The molecule has 43 heavy (non-hydrogen) atoms. The number of nitrogens with zero attached hydrogens (tertiary/aromatic N) is 3. The number of aromatic nitrogens is 1. The summed E-state index contributed by atoms with van der Waals surface area (Å²) in [5, 5.41) is 28.4. The number of rotatable bonds is 4. The molecule has 0 fully saturated rings. The SMILES string of the molecule is CCC(C)n1c2cc3c(cc2c2cc4c(cc21)-c1ccc(/C(C)=N/O)cc1C4(C)C)C(C)(C)c1cc(/C(C)=N\O)ccc1-3. The Morgan fingerprint density at radius 2 is 1.05 bits per heavy atom. The molecule has 0 radical (unpaired) electrons. The van der Waals surface area contributed by atoms with Crippen molar-refractivity contribution in [3.8, 4) is 22.3 Å². The lowest BCUT2D eigenvalue weighted by Crippen LogP contribution is -2.16. The van der Waals surface area contributed by atoms with Crippen LogP contribution in [0.25, 0.3) is 44.1 Å². The maximum absolute atomic E-state index is 9.43. The molecular formula is C38H39N3O2. The van der Waals surface area contributed by atoms with Crippen molar-refractivity contribution in [1.29, 1.82) is 0 Å². The molecule has 1 unspecified atom stereocenters. The molecule has 218 valence electrons. The number of hydrogen-bond donors (Lipinski definition) is 2. The van der Waals surface area contributed by atoms with E-state index in [4.69, 9.17) is 0 Å². The molecular weight excluding hydrogens is 530 g/mol. The molecule has 0 aliphatic heterocycles. The fourth-order valence-electron chi connectivity index (χ4n) is 7.72. The number of fused-ring (bicyclic) bond motifs is 9. The Labute approximate surface area is 253 Å². The Morgan fingerprint density at radius 3 is 1.42 bits per heavy atom. The van der Waals surface area contributed by atoms with Gasteiger partial charge in [0.1, 0.15) is 0 Å². The minimum atomic E-state index is -0.190. The molecule has 0 saturated heterocycles. The highest BCUT2D eigenvalue weighted by atomic mass is 16.4. The third-order valence-electron chi connectivity index (χ3n) is 10.6. The quantitative estimate of drug-likeness (QED) is 0.128. The van der Waals surface area contributed by atoms with Gasteiger partial charge in [-0.2, -0.15) is 0 Å². The normalized spacial score (nSPS) is 17.2. The van der Waals surface area contributed by atoms with Crippen LogP contribution in [0, 0.1) is 0 Å². The summed E-state index contributed by atoms with van der Waals surface area (Å²) in [7, 11) is 0. The Morgan fingerprint density at radius 1 is 0.651 bits per heavy atom. The van der Waals surface area contributed by atoms with E-state index in [0.717, 1.165) is 17.5 Å². The maximum atomic E-state index is 9.43. The van der Waals surface area contributed by atoms with E-state index in [9.17, 15) is 10.4 Å². The van der Waals surface area contributed by atoms with E-state index >= 15 is 0 Å². The number of hydrogen-bond acceptors (Lipinski definition) is 4. The van der Waals surface area contributed by atoms with Crippen LogP contribution in [0.3, 0.4) is 0 Å². The summed E-state index contributed by atoms with van der Waals surface area (Å²) in [5.41, 5.74) is 15.6. The van der Waals surface area contributed by atoms with Crippen molar-refractivity contribution in [2.24, 2.45) is 10.3 Å². The smallest absolute Gasteiger partial charge is 0.0837 e. The minimum absolute atomic E-state index is 0.190. The summed E-state index contributed by atoms with van der Waals surface area (Å²) in [6.07, 6.45) is 1.03. The molecule has 0 amide bonds. The van der Waals surface area contributed by atoms with Gasteiger partial charge in [-0.1, -0.05) is 69.2 Å². The molecule has 7 rings (SSSR count). The first kappa shape index (κ1) is 27.5. The zero-order valence-electron chi connectivity index (χ0n) is 26.3. The fraction of sp³-hybridized carbons (Fsp3) is 0.316. The van der Waals surface area contributed by atoms with Gasteiger partial charge in [-0.05, 0) is 119 Å². The summed E-state index contributed by atoms with van der Waals surface area (Å²) < 4.78 is 2.55. The first-order chi connectivity index (χ1) is 20.4. The summed E-state index contributed by atoms with van der Waals surface area (Å²) in [6.45, 7) is 17.5. The summed E-state index contributed by atoms with van der Waals surface area (Å²) >= 11 is 0. The van der Waals surface area contributed by atoms with Crippen LogP contribution in [-0.4, -0.2) is 26.4 Å². The van der Waals surface area contributed by atoms with Crippen LogP contribution in [0.1, 0.15) is 101 Å². The van der Waals surface area contributed by atoms with Crippen LogP contribution in [0.2, 0.25) is 0 Å². The molecule has 4 aromatic carbocycles. The van der Waals surface area contributed by atoms with E-state index in [1.807, 2.05) is 13.8 Å². The summed E-state index contributed by atoms with van der Waals surface area (Å²) in [6, 6.07) is 23.0. The van der Waals surface area contributed by atoms with Gasteiger partial charge >= 0.3 is 0 Å². The highest BCUT2D eigenvalue weighted by Gasteiger charge is 2.39. The molecule has 5 nitrogen and oxygen atoms in total. The average Bonchev–Trinajstić information content (AvgIpc) is 3.53. The van der Waals surface area contributed by atoms with Crippen molar-refractivity contribution in [3.05, 3.63) is 94.0 Å². The molecule has 2 aliphatic carbocycles. The lowest BCUT2D eigenvalue weighted by molar-refractivity contribution is 0.319. The monoisotopic (exact) mass is 569 g/mol. The van der Waals surface area contributed by atoms with Gasteiger partial charge in [0.15, 0.2) is 0 Å². The van der Waals surface area contributed by atoms with E-state index in [1.165, 1.54) is 66.3 Å². The topological polar surface area (TPSA) is 70.1 Å². The van der Waals surface area contributed by atoms with Gasteiger partial charge in [0, 0.05) is 38.7 Å². The fourth-order valence-corrected chi connectivity index (χ4v) is 7.72. The van der Waals surface area contributed by atoms with E-state index in [1.54, 1.807) is 0 Å². The highest BCUT2D eigenvalue weighted by molar-refractivity contribution is 6.13. The molecule has 1 atom stereocenters. The van der Waals surface area contributed by atoms with Crippen LogP contribution in [0.15, 0.2) is 71.0 Å². The summed E-state index contributed by atoms with van der Waals surface area (Å²) in [5.74, 6) is 0. The van der Waals surface area contributed by atoms with E-state index < -0.39 is 0 Å². The van der Waals surface area contributed by atoms with Crippen molar-refractivity contribution in [2.45, 2.75) is 78.7 Å². The van der Waals surface area contributed by atoms with E-state index in [2.05, 4.69) is 117 Å². The van der Waals surface area contributed by atoms with E-state index in [0.29, 0.717) is 17.5 Å². The minimum Gasteiger partial charge on any atom is -0.411 e. The van der Waals surface area contributed by atoms with Crippen molar-refractivity contribution in [3.63, 3.8) is 0 Å². The molecule has 1 aromatic heterocycles. The Hall–Kier alpha value is -4.38. The summed E-state index contributed by atoms with van der Waals surface area (Å²) in [4.78, 5) is 0. The van der Waals surface area contributed by atoms with Gasteiger partial charge in [-0.15, -0.1) is 0 Å². The maximum Gasteiger partial charge on any atom is 0.0837 e.